The summed E-state index contributed by atoms with van der Waals surface area (Å²) in [6, 6.07) is 7.83. The average Bonchev–Trinajstić information content (AvgIpc) is 2.77. The van der Waals surface area contributed by atoms with Crippen molar-refractivity contribution in [2.45, 2.75) is 11.6 Å². The highest BCUT2D eigenvalue weighted by Crippen LogP contribution is 2.19. The smallest absolute Gasteiger partial charge is 0.213 e. The predicted octanol–water partition coefficient (Wildman–Crippen LogP) is 1.94. The molecule has 1 aromatic carbocycles. The second-order valence-electron chi connectivity index (χ2n) is 4.36. The van der Waals surface area contributed by atoms with Crippen molar-refractivity contribution in [2.75, 3.05) is 25.6 Å². The van der Waals surface area contributed by atoms with Gasteiger partial charge in [0.15, 0.2) is 5.16 Å². The Morgan fingerprint density at radius 3 is 2.74 bits per heavy atom. The molecule has 0 aliphatic rings. The Balaban J connectivity index is 1.86. The number of aromatic amines is 1. The van der Waals surface area contributed by atoms with Gasteiger partial charge in [-0.05, 0) is 18.6 Å². The lowest BCUT2D eigenvalue weighted by Crippen LogP contribution is -2.25. The number of fused-ring (bicyclic) bond motifs is 1. The molecule has 0 aliphatic carbocycles. The molecule has 0 spiro atoms. The van der Waals surface area contributed by atoms with Gasteiger partial charge in [0.1, 0.15) is 0 Å². The van der Waals surface area contributed by atoms with Crippen molar-refractivity contribution < 1.29 is 8.42 Å². The van der Waals surface area contributed by atoms with Gasteiger partial charge in [0, 0.05) is 19.8 Å². The first-order chi connectivity index (χ1) is 8.99. The summed E-state index contributed by atoms with van der Waals surface area (Å²) >= 11 is 1.55. The molecule has 7 heteroatoms. The van der Waals surface area contributed by atoms with Crippen LogP contribution in [0.1, 0.15) is 6.42 Å². The zero-order valence-corrected chi connectivity index (χ0v) is 12.6. The van der Waals surface area contributed by atoms with E-state index in [9.17, 15) is 8.42 Å². The van der Waals surface area contributed by atoms with Crippen LogP contribution in [0.3, 0.4) is 0 Å². The van der Waals surface area contributed by atoms with Gasteiger partial charge in [0.2, 0.25) is 10.0 Å². The second-order valence-corrected chi connectivity index (χ2v) is 7.75. The van der Waals surface area contributed by atoms with E-state index in [4.69, 9.17) is 0 Å². The van der Waals surface area contributed by atoms with Gasteiger partial charge in [-0.2, -0.15) is 0 Å². The summed E-state index contributed by atoms with van der Waals surface area (Å²) in [6.45, 7) is 0. The fourth-order valence-electron chi connectivity index (χ4n) is 1.59. The molecule has 104 valence electrons. The molecular weight excluding hydrogens is 282 g/mol. The Morgan fingerprint density at radius 1 is 1.32 bits per heavy atom. The lowest BCUT2D eigenvalue weighted by molar-refractivity contribution is 0.520. The molecule has 1 heterocycles. The number of hydrogen-bond acceptors (Lipinski definition) is 4. The van der Waals surface area contributed by atoms with Crippen LogP contribution in [-0.4, -0.2) is 48.3 Å². The van der Waals surface area contributed by atoms with Gasteiger partial charge >= 0.3 is 0 Å². The zero-order valence-electron chi connectivity index (χ0n) is 11.0. The SMILES string of the molecule is CN(C)S(=O)(=O)CCCSc1nc2ccccc2[nH]1. The van der Waals surface area contributed by atoms with Crippen LogP contribution in [-0.2, 0) is 10.0 Å². The monoisotopic (exact) mass is 299 g/mol. The van der Waals surface area contributed by atoms with Gasteiger partial charge < -0.3 is 4.98 Å². The Bertz CT molecular complexity index is 617. The normalized spacial score (nSPS) is 12.4. The molecule has 0 saturated heterocycles. The maximum absolute atomic E-state index is 11.6. The number of rotatable bonds is 6. The van der Waals surface area contributed by atoms with Crippen molar-refractivity contribution in [2.24, 2.45) is 0 Å². The van der Waals surface area contributed by atoms with Crippen molar-refractivity contribution in [3.8, 4) is 0 Å². The summed E-state index contributed by atoms with van der Waals surface area (Å²) in [5.41, 5.74) is 1.94. The van der Waals surface area contributed by atoms with Crippen molar-refractivity contribution in [1.82, 2.24) is 14.3 Å². The van der Waals surface area contributed by atoms with Crippen LogP contribution in [0.2, 0.25) is 0 Å². The van der Waals surface area contributed by atoms with E-state index >= 15 is 0 Å². The maximum atomic E-state index is 11.6. The molecule has 0 unspecified atom stereocenters. The Kier molecular flexibility index (Phi) is 4.49. The lowest BCUT2D eigenvalue weighted by atomic mass is 10.3. The molecule has 0 bridgehead atoms. The van der Waals surface area contributed by atoms with Gasteiger partial charge in [0.05, 0.1) is 16.8 Å². The number of H-pyrrole nitrogens is 1. The highest BCUT2D eigenvalue weighted by Gasteiger charge is 2.12. The molecule has 0 radical (unpaired) electrons. The summed E-state index contributed by atoms with van der Waals surface area (Å²) < 4.78 is 24.4. The fourth-order valence-corrected chi connectivity index (χ4v) is 3.47. The van der Waals surface area contributed by atoms with Gasteiger partial charge in [-0.1, -0.05) is 23.9 Å². The highest BCUT2D eigenvalue weighted by molar-refractivity contribution is 7.99. The van der Waals surface area contributed by atoms with Crippen molar-refractivity contribution >= 4 is 32.8 Å². The first-order valence-electron chi connectivity index (χ1n) is 5.97. The third-order valence-electron chi connectivity index (χ3n) is 2.71. The Hall–Kier alpha value is -1.05. The zero-order chi connectivity index (χ0) is 13.9. The molecule has 19 heavy (non-hydrogen) atoms. The van der Waals surface area contributed by atoms with E-state index in [0.717, 1.165) is 21.9 Å². The summed E-state index contributed by atoms with van der Waals surface area (Å²) in [4.78, 5) is 7.64. The molecule has 0 amide bonds. The number of thioether (sulfide) groups is 1. The number of nitrogens with zero attached hydrogens (tertiary/aromatic N) is 2. The van der Waals surface area contributed by atoms with Gasteiger partial charge in [-0.15, -0.1) is 0 Å². The fraction of sp³-hybridized carbons (Fsp3) is 0.417. The first-order valence-corrected chi connectivity index (χ1v) is 8.56. The van der Waals surface area contributed by atoms with Crippen LogP contribution in [0.25, 0.3) is 11.0 Å². The van der Waals surface area contributed by atoms with Crippen molar-refractivity contribution in [3.63, 3.8) is 0 Å². The minimum atomic E-state index is -3.09. The van der Waals surface area contributed by atoms with Crippen molar-refractivity contribution in [3.05, 3.63) is 24.3 Å². The van der Waals surface area contributed by atoms with Gasteiger partial charge in [-0.3, -0.25) is 0 Å². The summed E-state index contributed by atoms with van der Waals surface area (Å²) in [5.74, 6) is 0.903. The predicted molar refractivity (Wildman–Crippen MR) is 78.9 cm³/mol. The Labute approximate surface area is 117 Å². The third-order valence-corrected chi connectivity index (χ3v) is 5.59. The van der Waals surface area contributed by atoms with Crippen LogP contribution in [0.4, 0.5) is 0 Å². The maximum Gasteiger partial charge on any atom is 0.213 e. The van der Waals surface area contributed by atoms with E-state index in [1.165, 1.54) is 4.31 Å². The van der Waals surface area contributed by atoms with Crippen LogP contribution < -0.4 is 0 Å². The number of aromatic nitrogens is 2. The summed E-state index contributed by atoms with van der Waals surface area (Å²) in [6.07, 6.45) is 0.613. The Morgan fingerprint density at radius 2 is 2.05 bits per heavy atom. The van der Waals surface area contributed by atoms with Gasteiger partial charge in [-0.25, -0.2) is 17.7 Å². The topological polar surface area (TPSA) is 66.1 Å². The van der Waals surface area contributed by atoms with E-state index in [2.05, 4.69) is 9.97 Å². The average molecular weight is 299 g/mol. The standard InChI is InChI=1S/C12H17N3O2S2/c1-15(2)19(16,17)9-5-8-18-12-13-10-6-3-4-7-11(10)14-12/h3-4,6-7H,5,8-9H2,1-2H3,(H,13,14). The van der Waals surface area contributed by atoms with Crippen LogP contribution in [0.15, 0.2) is 29.4 Å². The number of para-hydroxylation sites is 2. The van der Waals surface area contributed by atoms with Crippen LogP contribution in [0.5, 0.6) is 0 Å². The van der Waals surface area contributed by atoms with E-state index < -0.39 is 10.0 Å². The quantitative estimate of drug-likeness (QED) is 0.654. The van der Waals surface area contributed by atoms with Crippen LogP contribution in [0, 0.1) is 0 Å². The minimum absolute atomic E-state index is 0.174. The molecule has 2 aromatic rings. The molecule has 0 atom stereocenters. The molecule has 0 saturated carbocycles. The molecule has 5 nitrogen and oxygen atoms in total. The summed E-state index contributed by atoms with van der Waals surface area (Å²) in [5, 5.41) is 0.837. The summed E-state index contributed by atoms with van der Waals surface area (Å²) in [7, 11) is 0.0267. The number of imidazole rings is 1. The number of nitrogens with one attached hydrogen (secondary N) is 1. The number of hydrogen-bond donors (Lipinski definition) is 1. The van der Waals surface area contributed by atoms with E-state index in [1.807, 2.05) is 24.3 Å². The molecule has 1 N–H and O–H groups in total. The minimum Gasteiger partial charge on any atom is -0.333 e. The largest absolute Gasteiger partial charge is 0.333 e. The lowest BCUT2D eigenvalue weighted by Gasteiger charge is -2.10. The van der Waals surface area contributed by atoms with E-state index in [-0.39, 0.29) is 5.75 Å². The first kappa shape index (κ1) is 14.4. The molecule has 2 rings (SSSR count). The molecular formula is C12H17N3O2S2. The van der Waals surface area contributed by atoms with Gasteiger partial charge in [0.25, 0.3) is 0 Å². The van der Waals surface area contributed by atoms with Crippen molar-refractivity contribution in [1.29, 1.82) is 0 Å². The second kappa shape index (κ2) is 5.94. The molecule has 0 aliphatic heterocycles. The number of sulfonamides is 1. The van der Waals surface area contributed by atoms with E-state index in [1.54, 1.807) is 25.9 Å². The third kappa shape index (κ3) is 3.71. The van der Waals surface area contributed by atoms with E-state index in [0.29, 0.717) is 6.42 Å². The van der Waals surface area contributed by atoms with Crippen LogP contribution >= 0.6 is 11.8 Å². The number of benzene rings is 1. The molecule has 0 fully saturated rings. The molecule has 1 aromatic heterocycles. The highest BCUT2D eigenvalue weighted by atomic mass is 32.2.